The quantitative estimate of drug-likeness (QED) is 0.629. The van der Waals surface area contributed by atoms with E-state index in [-0.39, 0.29) is 68.9 Å². The van der Waals surface area contributed by atoms with Crippen molar-refractivity contribution in [3.05, 3.63) is 5.73 Å². The minimum Gasteiger partial charge on any atom is -0.677 e. The van der Waals surface area contributed by atoms with E-state index < -0.39 is 0 Å². The molecule has 0 unspecified atom stereocenters. The molecule has 0 aliphatic heterocycles. The fourth-order valence-electron chi connectivity index (χ4n) is 0.395. The molecule has 2 nitrogen and oxygen atoms in total. The summed E-state index contributed by atoms with van der Waals surface area (Å²) in [6.45, 7) is 1.60. The van der Waals surface area contributed by atoms with Crippen LogP contribution in [0.5, 0.6) is 0 Å². The summed E-state index contributed by atoms with van der Waals surface area (Å²) in [5.41, 5.74) is 6.77. The molecule has 0 saturated heterocycles. The van der Waals surface area contributed by atoms with Gasteiger partial charge in [0, 0.05) is 0 Å². The van der Waals surface area contributed by atoms with Gasteiger partial charge in [-0.1, -0.05) is 6.42 Å². The second kappa shape index (κ2) is 17.4. The van der Waals surface area contributed by atoms with Gasteiger partial charge >= 0.3 is 68.9 Å². The molecule has 0 bridgehead atoms. The first kappa shape index (κ1) is 18.2. The standard InChI is InChI=1S/C5H13N2.CH4S.Cs/c1-7(2)5-3-4-6;1-2;/h6H,3-5H2,1-2H3;2H,1H3;/q-1;;+1. The van der Waals surface area contributed by atoms with Gasteiger partial charge in [0.2, 0.25) is 0 Å². The molecule has 0 aromatic carbocycles. The topological polar surface area (TPSA) is 27.0 Å². The first-order chi connectivity index (χ1) is 4.27. The number of nitrogens with zero attached hydrogens (tertiary/aromatic N) is 1. The molecule has 0 aromatic heterocycles. The molecule has 1 N–H and O–H groups in total. The van der Waals surface area contributed by atoms with Gasteiger partial charge in [-0.25, -0.2) is 0 Å². The fourth-order valence-corrected chi connectivity index (χ4v) is 0.395. The Morgan fingerprint density at radius 2 is 1.70 bits per heavy atom. The molecule has 0 aromatic rings. The molecule has 0 aliphatic rings. The van der Waals surface area contributed by atoms with Gasteiger partial charge in [-0.3, -0.25) is 0 Å². The van der Waals surface area contributed by atoms with Crippen LogP contribution in [0.4, 0.5) is 0 Å². The second-order valence-corrected chi connectivity index (χ2v) is 1.91. The normalized spacial score (nSPS) is 7.80. The molecule has 0 amide bonds. The molecule has 0 radical (unpaired) electrons. The van der Waals surface area contributed by atoms with Gasteiger partial charge in [0.25, 0.3) is 0 Å². The van der Waals surface area contributed by atoms with E-state index >= 15 is 0 Å². The van der Waals surface area contributed by atoms with Crippen molar-refractivity contribution in [3.63, 3.8) is 0 Å². The number of rotatable bonds is 3. The number of nitrogens with one attached hydrogen (secondary N) is 1. The summed E-state index contributed by atoms with van der Waals surface area (Å²) in [4.78, 5) is 2.09. The van der Waals surface area contributed by atoms with Crippen LogP contribution in [-0.4, -0.2) is 38.3 Å². The van der Waals surface area contributed by atoms with Crippen molar-refractivity contribution in [2.24, 2.45) is 0 Å². The Morgan fingerprint density at radius 1 is 1.30 bits per heavy atom. The van der Waals surface area contributed by atoms with E-state index in [0.29, 0.717) is 6.54 Å². The smallest absolute Gasteiger partial charge is 0.677 e. The first-order valence-electron chi connectivity index (χ1n) is 3.01. The van der Waals surface area contributed by atoms with Crippen LogP contribution in [-0.2, 0) is 0 Å². The van der Waals surface area contributed by atoms with E-state index in [2.05, 4.69) is 17.5 Å². The number of hydrogen-bond acceptors (Lipinski definition) is 2. The monoisotopic (exact) mass is 282 g/mol. The van der Waals surface area contributed by atoms with Crippen LogP contribution in [0.15, 0.2) is 0 Å². The molecule has 0 rings (SSSR count). The van der Waals surface area contributed by atoms with E-state index in [0.717, 1.165) is 13.0 Å². The summed E-state index contributed by atoms with van der Waals surface area (Å²) in [6.07, 6.45) is 2.69. The molecule has 10 heavy (non-hydrogen) atoms. The van der Waals surface area contributed by atoms with E-state index in [1.165, 1.54) is 0 Å². The van der Waals surface area contributed by atoms with Crippen LogP contribution in [0.2, 0.25) is 0 Å². The maximum absolute atomic E-state index is 6.77. The summed E-state index contributed by atoms with van der Waals surface area (Å²) in [7, 11) is 4.05. The zero-order valence-electron chi connectivity index (χ0n) is 7.52. The van der Waals surface area contributed by atoms with Crippen LogP contribution >= 0.6 is 12.6 Å². The summed E-state index contributed by atoms with van der Waals surface area (Å²) in [5.74, 6) is 0. The fraction of sp³-hybridized carbons (Fsp3) is 1.00. The first-order valence-corrected chi connectivity index (χ1v) is 3.91. The van der Waals surface area contributed by atoms with Crippen LogP contribution < -0.4 is 68.9 Å². The van der Waals surface area contributed by atoms with Crippen molar-refractivity contribution in [1.29, 1.82) is 0 Å². The van der Waals surface area contributed by atoms with Crippen LogP contribution in [0, 0.1) is 0 Å². The number of thiol groups is 1. The molecule has 0 aliphatic carbocycles. The molecule has 0 heterocycles. The maximum Gasteiger partial charge on any atom is 1.00 e. The Kier molecular flexibility index (Phi) is 31.7. The SMILES string of the molecule is CN(C)CCC[NH-].CS.[Cs+]. The molecular weight excluding hydrogens is 265 g/mol. The van der Waals surface area contributed by atoms with E-state index in [1.54, 1.807) is 6.26 Å². The van der Waals surface area contributed by atoms with Crippen LogP contribution in [0.1, 0.15) is 6.42 Å². The Labute approximate surface area is 129 Å². The summed E-state index contributed by atoms with van der Waals surface area (Å²) in [6, 6.07) is 0. The Bertz CT molecular complexity index is 44.7. The van der Waals surface area contributed by atoms with Crippen molar-refractivity contribution in [1.82, 2.24) is 4.90 Å². The van der Waals surface area contributed by atoms with Gasteiger partial charge in [0.05, 0.1) is 0 Å². The van der Waals surface area contributed by atoms with E-state index in [1.807, 2.05) is 14.1 Å². The largest absolute Gasteiger partial charge is 1.00 e. The Morgan fingerprint density at radius 3 is 1.80 bits per heavy atom. The van der Waals surface area contributed by atoms with Gasteiger partial charge in [-0.15, -0.1) is 6.54 Å². The minimum absolute atomic E-state index is 0. The predicted molar refractivity (Wildman–Crippen MR) is 47.3 cm³/mol. The van der Waals surface area contributed by atoms with Crippen molar-refractivity contribution in [3.8, 4) is 0 Å². The molecule has 4 heteroatoms. The van der Waals surface area contributed by atoms with Crippen molar-refractivity contribution in [2.75, 3.05) is 33.4 Å². The van der Waals surface area contributed by atoms with Gasteiger partial charge < -0.3 is 10.6 Å². The predicted octanol–water partition coefficient (Wildman–Crippen LogP) is -1.46. The van der Waals surface area contributed by atoms with Crippen molar-refractivity contribution >= 4 is 12.6 Å². The molecule has 0 atom stereocenters. The summed E-state index contributed by atoms with van der Waals surface area (Å²) >= 11 is 3.53. The number of hydrogen-bond donors (Lipinski definition) is 1. The van der Waals surface area contributed by atoms with Gasteiger partial charge in [-0.2, -0.15) is 12.6 Å². The zero-order chi connectivity index (χ0) is 7.70. The van der Waals surface area contributed by atoms with Crippen LogP contribution in [0.25, 0.3) is 5.73 Å². The molecule has 58 valence electrons. The van der Waals surface area contributed by atoms with E-state index in [9.17, 15) is 0 Å². The van der Waals surface area contributed by atoms with Gasteiger partial charge in [0.15, 0.2) is 0 Å². The average Bonchev–Trinajstić information content (AvgIpc) is 1.88. The average molecular weight is 282 g/mol. The second-order valence-electron chi connectivity index (χ2n) is 1.91. The third-order valence-corrected chi connectivity index (χ3v) is 0.782. The third kappa shape index (κ3) is 22.4. The summed E-state index contributed by atoms with van der Waals surface area (Å²) < 4.78 is 0. The van der Waals surface area contributed by atoms with Crippen LogP contribution in [0.3, 0.4) is 0 Å². The van der Waals surface area contributed by atoms with Gasteiger partial charge in [0.1, 0.15) is 0 Å². The molecule has 0 fully saturated rings. The maximum atomic E-state index is 6.77. The van der Waals surface area contributed by atoms with E-state index in [4.69, 9.17) is 5.73 Å². The molecule has 0 spiro atoms. The Balaban J connectivity index is -0.000000149. The summed E-state index contributed by atoms with van der Waals surface area (Å²) in [5, 5.41) is 0. The van der Waals surface area contributed by atoms with Gasteiger partial charge in [-0.05, 0) is 26.9 Å². The van der Waals surface area contributed by atoms with Crippen molar-refractivity contribution in [2.45, 2.75) is 6.42 Å². The molecular formula is C6H17CsN2S. The third-order valence-electron chi connectivity index (χ3n) is 0.782. The van der Waals surface area contributed by atoms with Crippen molar-refractivity contribution < 1.29 is 68.9 Å². The molecule has 0 saturated carbocycles. The Hall–Kier alpha value is 2.32. The zero-order valence-corrected chi connectivity index (χ0v) is 14.7. The minimum atomic E-state index is 0.